The third-order valence-corrected chi connectivity index (χ3v) is 3.06. The highest BCUT2D eigenvalue weighted by molar-refractivity contribution is 5.46. The molecule has 1 heteroatoms. The Morgan fingerprint density at radius 2 is 2.00 bits per heavy atom. The molecular weight excluding hydrogens is 172 g/mol. The van der Waals surface area contributed by atoms with Crippen molar-refractivity contribution in [3.05, 3.63) is 29.3 Å². The van der Waals surface area contributed by atoms with Gasteiger partial charge in [-0.2, -0.15) is 0 Å². The SMILES string of the molecule is Cc1cccc2c1OC[C@@H]2C(C)(C)C. The van der Waals surface area contributed by atoms with Gasteiger partial charge in [-0.15, -0.1) is 0 Å². The molecule has 1 atom stereocenters. The predicted molar refractivity (Wildman–Crippen MR) is 58.9 cm³/mol. The Morgan fingerprint density at radius 3 is 2.64 bits per heavy atom. The van der Waals surface area contributed by atoms with Crippen LogP contribution in [0.1, 0.15) is 37.8 Å². The maximum atomic E-state index is 5.77. The first-order valence-corrected chi connectivity index (χ1v) is 5.22. The summed E-state index contributed by atoms with van der Waals surface area (Å²) in [6, 6.07) is 6.44. The van der Waals surface area contributed by atoms with Gasteiger partial charge < -0.3 is 4.74 Å². The van der Waals surface area contributed by atoms with Crippen molar-refractivity contribution in [1.29, 1.82) is 0 Å². The Morgan fingerprint density at radius 1 is 1.29 bits per heavy atom. The van der Waals surface area contributed by atoms with E-state index in [1.165, 1.54) is 11.1 Å². The number of para-hydroxylation sites is 1. The number of hydrogen-bond donors (Lipinski definition) is 0. The molecule has 1 aromatic carbocycles. The van der Waals surface area contributed by atoms with Gasteiger partial charge >= 0.3 is 0 Å². The van der Waals surface area contributed by atoms with Gasteiger partial charge in [-0.05, 0) is 17.9 Å². The first-order chi connectivity index (χ1) is 6.50. The quantitative estimate of drug-likeness (QED) is 0.608. The van der Waals surface area contributed by atoms with Crippen LogP contribution in [0.3, 0.4) is 0 Å². The average Bonchev–Trinajstić information content (AvgIpc) is 2.47. The third kappa shape index (κ3) is 1.41. The van der Waals surface area contributed by atoms with Crippen LogP contribution in [0.5, 0.6) is 5.75 Å². The van der Waals surface area contributed by atoms with Gasteiger partial charge in [-0.1, -0.05) is 39.0 Å². The highest BCUT2D eigenvalue weighted by Crippen LogP contribution is 2.45. The maximum Gasteiger partial charge on any atom is 0.125 e. The fraction of sp³-hybridized carbons (Fsp3) is 0.538. The highest BCUT2D eigenvalue weighted by Gasteiger charge is 2.34. The number of ether oxygens (including phenoxy) is 1. The lowest BCUT2D eigenvalue weighted by molar-refractivity contribution is 0.242. The van der Waals surface area contributed by atoms with Crippen molar-refractivity contribution >= 4 is 0 Å². The Labute approximate surface area is 86.1 Å². The first-order valence-electron chi connectivity index (χ1n) is 5.22. The Bertz CT molecular complexity index is 347. The van der Waals surface area contributed by atoms with Crippen LogP contribution in [-0.4, -0.2) is 6.61 Å². The summed E-state index contributed by atoms with van der Waals surface area (Å²) in [6.45, 7) is 9.78. The van der Waals surface area contributed by atoms with E-state index in [-0.39, 0.29) is 0 Å². The molecule has 0 unspecified atom stereocenters. The standard InChI is InChI=1S/C13H18O/c1-9-6-5-7-10-11(13(2,3)4)8-14-12(9)10/h5-7,11H,8H2,1-4H3/t11-/m0/s1. The van der Waals surface area contributed by atoms with Crippen LogP contribution in [-0.2, 0) is 0 Å². The first kappa shape index (κ1) is 9.57. The zero-order valence-corrected chi connectivity index (χ0v) is 9.42. The zero-order chi connectivity index (χ0) is 10.3. The number of fused-ring (bicyclic) bond motifs is 1. The third-order valence-electron chi connectivity index (χ3n) is 3.06. The molecule has 0 fully saturated rings. The molecule has 1 heterocycles. The minimum Gasteiger partial charge on any atom is -0.492 e. The van der Waals surface area contributed by atoms with Crippen LogP contribution in [0.2, 0.25) is 0 Å². The number of hydrogen-bond acceptors (Lipinski definition) is 1. The second kappa shape index (κ2) is 3.01. The predicted octanol–water partition coefficient (Wildman–Crippen LogP) is 3.52. The van der Waals surface area contributed by atoms with Gasteiger partial charge in [0.25, 0.3) is 0 Å². The van der Waals surface area contributed by atoms with Crippen LogP contribution in [0.25, 0.3) is 0 Å². The van der Waals surface area contributed by atoms with Crippen molar-refractivity contribution in [2.45, 2.75) is 33.6 Å². The van der Waals surface area contributed by atoms with Gasteiger partial charge in [0.2, 0.25) is 0 Å². The lowest BCUT2D eigenvalue weighted by Crippen LogP contribution is -2.19. The smallest absolute Gasteiger partial charge is 0.125 e. The molecule has 14 heavy (non-hydrogen) atoms. The fourth-order valence-corrected chi connectivity index (χ4v) is 2.12. The largest absolute Gasteiger partial charge is 0.492 e. The lowest BCUT2D eigenvalue weighted by Gasteiger charge is -2.25. The van der Waals surface area contributed by atoms with E-state index in [0.717, 1.165) is 12.4 Å². The van der Waals surface area contributed by atoms with E-state index in [1.54, 1.807) is 0 Å². The van der Waals surface area contributed by atoms with Crippen LogP contribution in [0.15, 0.2) is 18.2 Å². The van der Waals surface area contributed by atoms with Gasteiger partial charge in [0, 0.05) is 11.5 Å². The monoisotopic (exact) mass is 190 g/mol. The van der Waals surface area contributed by atoms with E-state index in [4.69, 9.17) is 4.74 Å². The summed E-state index contributed by atoms with van der Waals surface area (Å²) in [5, 5.41) is 0. The molecule has 0 radical (unpaired) electrons. The molecule has 0 aromatic heterocycles. The van der Waals surface area contributed by atoms with E-state index >= 15 is 0 Å². The van der Waals surface area contributed by atoms with E-state index in [9.17, 15) is 0 Å². The second-order valence-corrected chi connectivity index (χ2v) is 5.22. The molecule has 0 aliphatic carbocycles. The van der Waals surface area contributed by atoms with Gasteiger partial charge in [0.1, 0.15) is 5.75 Å². The Balaban J connectivity index is 2.45. The number of rotatable bonds is 0. The molecule has 1 aliphatic heterocycles. The minimum absolute atomic E-state index is 0.291. The molecule has 0 spiro atoms. The highest BCUT2D eigenvalue weighted by atomic mass is 16.5. The summed E-state index contributed by atoms with van der Waals surface area (Å²) in [6.07, 6.45) is 0. The topological polar surface area (TPSA) is 9.23 Å². The summed E-state index contributed by atoms with van der Waals surface area (Å²) in [4.78, 5) is 0. The molecular formula is C13H18O. The van der Waals surface area contributed by atoms with Crippen LogP contribution < -0.4 is 4.74 Å². The lowest BCUT2D eigenvalue weighted by atomic mass is 9.77. The molecule has 1 nitrogen and oxygen atoms in total. The van der Waals surface area contributed by atoms with Crippen molar-refractivity contribution in [2.24, 2.45) is 5.41 Å². The molecule has 0 N–H and O–H groups in total. The minimum atomic E-state index is 0.291. The molecule has 2 rings (SSSR count). The Hall–Kier alpha value is -0.980. The van der Waals surface area contributed by atoms with Crippen LogP contribution >= 0.6 is 0 Å². The van der Waals surface area contributed by atoms with Crippen molar-refractivity contribution < 1.29 is 4.74 Å². The van der Waals surface area contributed by atoms with E-state index in [1.807, 2.05) is 0 Å². The van der Waals surface area contributed by atoms with Gasteiger partial charge in [0.15, 0.2) is 0 Å². The number of benzene rings is 1. The van der Waals surface area contributed by atoms with Crippen molar-refractivity contribution in [3.8, 4) is 5.75 Å². The zero-order valence-electron chi connectivity index (χ0n) is 9.42. The van der Waals surface area contributed by atoms with Gasteiger partial charge in [0.05, 0.1) is 6.61 Å². The van der Waals surface area contributed by atoms with Crippen molar-refractivity contribution in [2.75, 3.05) is 6.61 Å². The van der Waals surface area contributed by atoms with Gasteiger partial charge in [-0.25, -0.2) is 0 Å². The molecule has 1 aliphatic rings. The normalized spacial score (nSPS) is 20.4. The summed E-state index contributed by atoms with van der Waals surface area (Å²) in [5.74, 6) is 1.66. The van der Waals surface area contributed by atoms with Gasteiger partial charge in [-0.3, -0.25) is 0 Å². The maximum absolute atomic E-state index is 5.77. The molecule has 0 bridgehead atoms. The molecule has 0 amide bonds. The van der Waals surface area contributed by atoms with E-state index in [0.29, 0.717) is 11.3 Å². The Kier molecular flexibility index (Phi) is 2.06. The summed E-state index contributed by atoms with van der Waals surface area (Å²) < 4.78 is 5.77. The van der Waals surface area contributed by atoms with E-state index < -0.39 is 0 Å². The fourth-order valence-electron chi connectivity index (χ4n) is 2.12. The molecule has 1 aromatic rings. The van der Waals surface area contributed by atoms with Crippen LogP contribution in [0, 0.1) is 12.3 Å². The van der Waals surface area contributed by atoms with Crippen molar-refractivity contribution in [1.82, 2.24) is 0 Å². The molecule has 76 valence electrons. The average molecular weight is 190 g/mol. The van der Waals surface area contributed by atoms with Crippen molar-refractivity contribution in [3.63, 3.8) is 0 Å². The van der Waals surface area contributed by atoms with Crippen LogP contribution in [0.4, 0.5) is 0 Å². The molecule has 0 saturated carbocycles. The van der Waals surface area contributed by atoms with E-state index in [2.05, 4.69) is 45.9 Å². The summed E-state index contributed by atoms with van der Waals surface area (Å²) in [7, 11) is 0. The molecule has 0 saturated heterocycles. The number of aryl methyl sites for hydroxylation is 1. The second-order valence-electron chi connectivity index (χ2n) is 5.22. The summed E-state index contributed by atoms with van der Waals surface area (Å²) in [5.41, 5.74) is 2.94. The summed E-state index contributed by atoms with van der Waals surface area (Å²) >= 11 is 0.